The Labute approximate surface area is 32.8 Å². The summed E-state index contributed by atoms with van der Waals surface area (Å²) in [6.07, 6.45) is 0. The Morgan fingerprint density at radius 2 is 1.80 bits per heavy atom. The fourth-order valence-corrected chi connectivity index (χ4v) is 0. The Bertz CT molecular complexity index is 23.6. The summed E-state index contributed by atoms with van der Waals surface area (Å²) in [5.41, 5.74) is 0. The van der Waals surface area contributed by atoms with Gasteiger partial charge in [-0.15, -0.1) is 0 Å². The molecule has 4 N–H and O–H groups in total. The lowest BCUT2D eigenvalue weighted by molar-refractivity contribution is 0.421. The van der Waals surface area contributed by atoms with E-state index < -0.39 is 9.36 Å². The van der Waals surface area contributed by atoms with E-state index in [1.807, 2.05) is 0 Å². The van der Waals surface area contributed by atoms with E-state index in [9.17, 15) is 0 Å². The highest BCUT2D eigenvalue weighted by Gasteiger charge is 1.85. The number of hydrogen-bond donors (Lipinski definition) is 2. The van der Waals surface area contributed by atoms with Crippen molar-refractivity contribution in [3.05, 3.63) is 0 Å². The topological polar surface area (TPSA) is 61.3 Å². The first-order chi connectivity index (χ1) is 2.27. The van der Waals surface area contributed by atoms with Crippen LogP contribution in [0.4, 0.5) is 0 Å². The smallest absolute Gasteiger partial charge is 0.329 e. The summed E-state index contributed by atoms with van der Waals surface area (Å²) >= 11 is 0. The Kier molecular flexibility index (Phi) is 2.39. The molecule has 0 aliphatic heterocycles. The van der Waals surface area contributed by atoms with Crippen molar-refractivity contribution in [2.45, 2.75) is 0 Å². The number of rotatable bonds is 1. The predicted molar refractivity (Wildman–Crippen MR) is 22.5 cm³/mol. The highest BCUT2D eigenvalue weighted by Crippen LogP contribution is 1.48. The molecule has 0 rings (SSSR count). The summed E-state index contributed by atoms with van der Waals surface area (Å²) in [5.74, 6) is 0. The highest BCUT2D eigenvalue weighted by molar-refractivity contribution is 6.43. The second-order valence-corrected chi connectivity index (χ2v) is 2.10. The zero-order valence-corrected chi connectivity index (χ0v) is 4.29. The second-order valence-electron chi connectivity index (χ2n) is 0.700. The van der Waals surface area contributed by atoms with Crippen molar-refractivity contribution in [3.8, 4) is 0 Å². The van der Waals surface area contributed by atoms with E-state index >= 15 is 0 Å². The van der Waals surface area contributed by atoms with Crippen molar-refractivity contribution in [3.63, 3.8) is 0 Å². The molecule has 32 valence electrons. The summed E-state index contributed by atoms with van der Waals surface area (Å²) in [6.45, 7) is 0. The molecule has 0 amide bonds. The van der Waals surface area contributed by atoms with Crippen LogP contribution in [0.1, 0.15) is 0 Å². The summed E-state index contributed by atoms with van der Waals surface area (Å²) < 4.78 is 4.44. The van der Waals surface area contributed by atoms with Crippen LogP contribution in [0.15, 0.2) is 0 Å². The molecule has 0 aromatic carbocycles. The Morgan fingerprint density at radius 3 is 1.80 bits per heavy atom. The van der Waals surface area contributed by atoms with E-state index in [4.69, 9.17) is 10.8 Å². The molecule has 0 atom stereocenters. The van der Waals surface area contributed by atoms with Crippen LogP contribution < -0.4 is 10.8 Å². The molecular weight excluding hydrogens is 84.1 g/mol. The van der Waals surface area contributed by atoms with Gasteiger partial charge in [0.1, 0.15) is 0 Å². The van der Waals surface area contributed by atoms with Crippen LogP contribution in [0, 0.1) is 0 Å². The van der Waals surface area contributed by atoms with Crippen LogP contribution in [0.2, 0.25) is 0 Å². The van der Waals surface area contributed by atoms with Crippen molar-refractivity contribution in [2.24, 2.45) is 10.8 Å². The van der Waals surface area contributed by atoms with Crippen LogP contribution in [0.3, 0.4) is 0 Å². The van der Waals surface area contributed by atoms with E-state index in [1.54, 1.807) is 0 Å². The van der Waals surface area contributed by atoms with Crippen LogP contribution in [-0.2, 0) is 4.43 Å². The van der Waals surface area contributed by atoms with E-state index in [1.165, 1.54) is 7.11 Å². The third-order valence-electron chi connectivity index (χ3n) is 0.272. The van der Waals surface area contributed by atoms with Gasteiger partial charge in [-0.2, -0.15) is 0 Å². The molecule has 0 aromatic heterocycles. The van der Waals surface area contributed by atoms with Crippen LogP contribution in [0.25, 0.3) is 0 Å². The van der Waals surface area contributed by atoms with E-state index in [0.717, 1.165) is 0 Å². The minimum Gasteiger partial charge on any atom is -0.398 e. The third-order valence-corrected chi connectivity index (χ3v) is 0.816. The van der Waals surface area contributed by atoms with Crippen molar-refractivity contribution >= 4 is 9.36 Å². The van der Waals surface area contributed by atoms with Gasteiger partial charge in [0.2, 0.25) is 0 Å². The lowest BCUT2D eigenvalue weighted by Crippen LogP contribution is -2.38. The first-order valence-corrected chi connectivity index (χ1v) is 3.12. The Morgan fingerprint density at radius 1 is 1.60 bits per heavy atom. The maximum absolute atomic E-state index is 4.99. The predicted octanol–water partition coefficient (Wildman–Crippen LogP) is -1.73. The summed E-state index contributed by atoms with van der Waals surface area (Å²) in [6, 6.07) is 0. The van der Waals surface area contributed by atoms with Gasteiger partial charge in [-0.05, 0) is 0 Å². The summed E-state index contributed by atoms with van der Waals surface area (Å²) in [7, 11) is -0.139. The highest BCUT2D eigenvalue weighted by atomic mass is 28.3. The SMILES string of the molecule is CO[SiH](N)N. The molecule has 3 nitrogen and oxygen atoms in total. The molecule has 0 spiro atoms. The van der Waals surface area contributed by atoms with Gasteiger partial charge in [-0.1, -0.05) is 0 Å². The second kappa shape index (κ2) is 2.34. The van der Waals surface area contributed by atoms with Crippen LogP contribution in [-0.4, -0.2) is 16.5 Å². The minimum atomic E-state index is -1.65. The van der Waals surface area contributed by atoms with E-state index in [0.29, 0.717) is 0 Å². The van der Waals surface area contributed by atoms with Gasteiger partial charge in [0.05, 0.1) is 0 Å². The monoisotopic (exact) mass is 92.0 g/mol. The first-order valence-electron chi connectivity index (χ1n) is 1.31. The molecule has 0 heterocycles. The van der Waals surface area contributed by atoms with Gasteiger partial charge >= 0.3 is 9.36 Å². The van der Waals surface area contributed by atoms with Crippen LogP contribution >= 0.6 is 0 Å². The van der Waals surface area contributed by atoms with Gasteiger partial charge in [0.25, 0.3) is 0 Å². The Balaban J connectivity index is 2.54. The fourth-order valence-electron chi connectivity index (χ4n) is 0. The molecule has 0 bridgehead atoms. The number of nitrogens with two attached hydrogens (primary N) is 2. The van der Waals surface area contributed by atoms with Crippen molar-refractivity contribution in [1.29, 1.82) is 0 Å². The zero-order valence-electron chi connectivity index (χ0n) is 3.14. The lowest BCUT2D eigenvalue weighted by Gasteiger charge is -1.92. The van der Waals surface area contributed by atoms with Crippen molar-refractivity contribution < 1.29 is 4.43 Å². The van der Waals surface area contributed by atoms with Crippen molar-refractivity contribution in [1.82, 2.24) is 0 Å². The fraction of sp³-hybridized carbons (Fsp3) is 1.00. The standard InChI is InChI=1S/CH8N2OSi/c1-4-5(2)3/h5H,2-3H2,1H3. The molecule has 0 saturated carbocycles. The molecule has 5 heavy (non-hydrogen) atoms. The van der Waals surface area contributed by atoms with Gasteiger partial charge in [0.15, 0.2) is 0 Å². The summed E-state index contributed by atoms with van der Waals surface area (Å²) in [5, 5.41) is 9.97. The molecule has 0 saturated heterocycles. The van der Waals surface area contributed by atoms with Gasteiger partial charge in [-0.3, -0.25) is 0 Å². The molecule has 4 heteroatoms. The van der Waals surface area contributed by atoms with Gasteiger partial charge in [-0.25, -0.2) is 0 Å². The largest absolute Gasteiger partial charge is 0.398 e. The molecule has 0 radical (unpaired) electrons. The molecular formula is CH8N2OSi. The van der Waals surface area contributed by atoms with Crippen molar-refractivity contribution in [2.75, 3.05) is 7.11 Å². The quantitative estimate of drug-likeness (QED) is 0.378. The molecule has 0 fully saturated rings. The van der Waals surface area contributed by atoms with Crippen LogP contribution in [0.5, 0.6) is 0 Å². The molecule has 0 aromatic rings. The Hall–Kier alpha value is 0.0969. The first kappa shape index (κ1) is 5.10. The third kappa shape index (κ3) is 4.10. The molecule has 0 unspecified atom stereocenters. The number of hydrogen-bond acceptors (Lipinski definition) is 3. The molecule has 0 aliphatic carbocycles. The lowest BCUT2D eigenvalue weighted by atomic mass is 11.8. The zero-order chi connectivity index (χ0) is 4.28. The van der Waals surface area contributed by atoms with E-state index in [-0.39, 0.29) is 0 Å². The average Bonchev–Trinajstić information content (AvgIpc) is 1.38. The van der Waals surface area contributed by atoms with Gasteiger partial charge < -0.3 is 15.2 Å². The van der Waals surface area contributed by atoms with E-state index in [2.05, 4.69) is 4.43 Å². The van der Waals surface area contributed by atoms with Gasteiger partial charge in [0, 0.05) is 7.11 Å². The maximum Gasteiger partial charge on any atom is 0.329 e. The molecule has 0 aliphatic rings. The average molecular weight is 92.2 g/mol. The maximum atomic E-state index is 4.99. The normalized spacial score (nSPS) is 9.60. The summed E-state index contributed by atoms with van der Waals surface area (Å²) in [4.78, 5) is 0. The minimum absolute atomic E-state index is 1.51.